The van der Waals surface area contributed by atoms with Crippen LogP contribution >= 0.6 is 11.6 Å². The molecule has 80 valence electrons. The van der Waals surface area contributed by atoms with Crippen LogP contribution in [0.5, 0.6) is 0 Å². The molecule has 0 saturated heterocycles. The summed E-state index contributed by atoms with van der Waals surface area (Å²) in [4.78, 5) is 15.6. The number of unbranched alkanes of at least 4 members (excludes halogenated alkanes) is 1. The van der Waals surface area contributed by atoms with Crippen molar-refractivity contribution in [2.24, 2.45) is 0 Å². The minimum atomic E-state index is -0.148. The molecule has 0 N–H and O–H groups in total. The predicted molar refractivity (Wildman–Crippen MR) is 57.7 cm³/mol. The van der Waals surface area contributed by atoms with E-state index in [0.717, 1.165) is 0 Å². The Morgan fingerprint density at radius 2 is 2.40 bits per heavy atom. The van der Waals surface area contributed by atoms with Gasteiger partial charge in [-0.15, -0.1) is 0 Å². The summed E-state index contributed by atoms with van der Waals surface area (Å²) in [7, 11) is 0. The van der Waals surface area contributed by atoms with Gasteiger partial charge in [-0.3, -0.25) is 9.36 Å². The number of nitrogens with zero attached hydrogens (tertiary/aromatic N) is 3. The first kappa shape index (κ1) is 11.7. The van der Waals surface area contributed by atoms with Gasteiger partial charge in [0.15, 0.2) is 0 Å². The molecule has 0 spiro atoms. The van der Waals surface area contributed by atoms with Gasteiger partial charge in [-0.2, -0.15) is 5.26 Å². The second kappa shape index (κ2) is 5.52. The van der Waals surface area contributed by atoms with Gasteiger partial charge in [-0.25, -0.2) is 4.98 Å². The maximum absolute atomic E-state index is 11.6. The van der Waals surface area contributed by atoms with Gasteiger partial charge in [0.25, 0.3) is 5.56 Å². The first-order valence-electron chi connectivity index (χ1n) is 4.82. The molecule has 0 aliphatic rings. The van der Waals surface area contributed by atoms with E-state index in [1.807, 2.05) is 13.0 Å². The minimum absolute atomic E-state index is 0.148. The van der Waals surface area contributed by atoms with E-state index in [4.69, 9.17) is 16.9 Å². The summed E-state index contributed by atoms with van der Waals surface area (Å²) in [5.41, 5.74) is -0.148. The molecule has 1 aromatic rings. The lowest BCUT2D eigenvalue weighted by molar-refractivity contribution is 0.587. The molecule has 0 aliphatic heterocycles. The molecule has 0 radical (unpaired) electrons. The summed E-state index contributed by atoms with van der Waals surface area (Å²) in [6.45, 7) is 2.44. The molecule has 1 heterocycles. The van der Waals surface area contributed by atoms with Crippen molar-refractivity contribution in [3.05, 3.63) is 27.4 Å². The number of aryl methyl sites for hydroxylation is 1. The third-order valence-corrected chi connectivity index (χ3v) is 2.24. The summed E-state index contributed by atoms with van der Waals surface area (Å²) in [5.74, 6) is 0.672. The second-order valence-corrected chi connectivity index (χ2v) is 3.49. The van der Waals surface area contributed by atoms with E-state index in [2.05, 4.69) is 4.98 Å². The summed E-state index contributed by atoms with van der Waals surface area (Å²) in [6.07, 6.45) is 1.76. The van der Waals surface area contributed by atoms with Gasteiger partial charge >= 0.3 is 0 Å². The molecule has 4 nitrogen and oxygen atoms in total. The molecule has 15 heavy (non-hydrogen) atoms. The molecule has 0 bridgehead atoms. The Morgan fingerprint density at radius 3 is 3.00 bits per heavy atom. The van der Waals surface area contributed by atoms with Crippen molar-refractivity contribution in [1.82, 2.24) is 9.55 Å². The molecule has 5 heteroatoms. The molecule has 0 aliphatic carbocycles. The van der Waals surface area contributed by atoms with Crippen molar-refractivity contribution in [2.45, 2.75) is 32.7 Å². The monoisotopic (exact) mass is 225 g/mol. The van der Waals surface area contributed by atoms with Crippen molar-refractivity contribution in [3.8, 4) is 6.07 Å². The summed E-state index contributed by atoms with van der Waals surface area (Å²) in [5, 5.41) is 8.64. The normalized spacial score (nSPS) is 9.93. The summed E-state index contributed by atoms with van der Waals surface area (Å²) >= 11 is 5.69. The summed E-state index contributed by atoms with van der Waals surface area (Å²) in [6, 6.07) is 3.34. The zero-order valence-electron chi connectivity index (χ0n) is 8.53. The van der Waals surface area contributed by atoms with Gasteiger partial charge in [-0.1, -0.05) is 18.5 Å². The smallest absolute Gasteiger partial charge is 0.254 e. The number of nitriles is 1. The first-order valence-corrected chi connectivity index (χ1v) is 5.20. The molecular formula is C10H12ClN3O. The van der Waals surface area contributed by atoms with Gasteiger partial charge in [0.2, 0.25) is 0 Å². The van der Waals surface area contributed by atoms with Crippen molar-refractivity contribution in [1.29, 1.82) is 5.26 Å². The topological polar surface area (TPSA) is 58.7 Å². The van der Waals surface area contributed by atoms with Crippen LogP contribution in [0.3, 0.4) is 0 Å². The zero-order valence-corrected chi connectivity index (χ0v) is 9.29. The Balaban J connectivity index is 2.95. The lowest BCUT2D eigenvalue weighted by atomic mass is 10.3. The molecule has 1 aromatic heterocycles. The Labute approximate surface area is 93.1 Å². The molecule has 0 amide bonds. The van der Waals surface area contributed by atoms with Crippen LogP contribution < -0.4 is 5.56 Å². The fourth-order valence-corrected chi connectivity index (χ4v) is 1.54. The van der Waals surface area contributed by atoms with Gasteiger partial charge in [0.1, 0.15) is 11.0 Å². The van der Waals surface area contributed by atoms with E-state index in [1.54, 1.807) is 4.57 Å². The highest BCUT2D eigenvalue weighted by Crippen LogP contribution is 2.04. The number of hydrogen-bond donors (Lipinski definition) is 0. The van der Waals surface area contributed by atoms with E-state index in [0.29, 0.717) is 31.6 Å². The summed E-state index contributed by atoms with van der Waals surface area (Å²) < 4.78 is 1.57. The fourth-order valence-electron chi connectivity index (χ4n) is 1.35. The molecule has 0 aromatic carbocycles. The third-order valence-electron chi connectivity index (χ3n) is 2.04. The quantitative estimate of drug-likeness (QED) is 0.580. The average Bonchev–Trinajstić information content (AvgIpc) is 2.20. The van der Waals surface area contributed by atoms with Crippen LogP contribution in [-0.2, 0) is 13.0 Å². The van der Waals surface area contributed by atoms with E-state index >= 15 is 0 Å². The van der Waals surface area contributed by atoms with Crippen molar-refractivity contribution < 1.29 is 0 Å². The highest BCUT2D eigenvalue weighted by molar-refractivity contribution is 6.29. The Hall–Kier alpha value is -1.34. The molecule has 0 atom stereocenters. The van der Waals surface area contributed by atoms with Crippen LogP contribution in [0.4, 0.5) is 0 Å². The highest BCUT2D eigenvalue weighted by Gasteiger charge is 2.05. The van der Waals surface area contributed by atoms with Gasteiger partial charge < -0.3 is 0 Å². The zero-order chi connectivity index (χ0) is 11.3. The van der Waals surface area contributed by atoms with Crippen molar-refractivity contribution in [2.75, 3.05) is 0 Å². The lowest BCUT2D eigenvalue weighted by Gasteiger charge is -2.09. The van der Waals surface area contributed by atoms with Crippen LogP contribution in [0, 0.1) is 11.3 Å². The largest absolute Gasteiger partial charge is 0.297 e. The SMILES string of the molecule is CCc1nc(Cl)cc(=O)n1CCCC#N. The van der Waals surface area contributed by atoms with Crippen LogP contribution in [0.25, 0.3) is 0 Å². The first-order chi connectivity index (χ1) is 7.19. The Kier molecular flexibility index (Phi) is 4.32. The van der Waals surface area contributed by atoms with Crippen LogP contribution in [0.1, 0.15) is 25.6 Å². The lowest BCUT2D eigenvalue weighted by Crippen LogP contribution is -2.24. The van der Waals surface area contributed by atoms with Gasteiger partial charge in [0, 0.05) is 25.5 Å². The van der Waals surface area contributed by atoms with Crippen molar-refractivity contribution in [3.63, 3.8) is 0 Å². The average molecular weight is 226 g/mol. The van der Waals surface area contributed by atoms with Gasteiger partial charge in [0.05, 0.1) is 6.07 Å². The number of aromatic nitrogens is 2. The van der Waals surface area contributed by atoms with Crippen LogP contribution in [0.15, 0.2) is 10.9 Å². The van der Waals surface area contributed by atoms with Crippen LogP contribution in [-0.4, -0.2) is 9.55 Å². The maximum atomic E-state index is 11.6. The van der Waals surface area contributed by atoms with E-state index in [-0.39, 0.29) is 10.7 Å². The number of rotatable bonds is 4. The van der Waals surface area contributed by atoms with Gasteiger partial charge in [-0.05, 0) is 6.42 Å². The second-order valence-electron chi connectivity index (χ2n) is 3.10. The minimum Gasteiger partial charge on any atom is -0.297 e. The maximum Gasteiger partial charge on any atom is 0.254 e. The van der Waals surface area contributed by atoms with Crippen molar-refractivity contribution >= 4 is 11.6 Å². The highest BCUT2D eigenvalue weighted by atomic mass is 35.5. The molecule has 0 fully saturated rings. The standard InChI is InChI=1S/C10H12ClN3O/c1-2-9-13-8(11)7-10(15)14(9)6-4-3-5-12/h7H,2-4,6H2,1H3. The molecule has 0 saturated carbocycles. The fraction of sp³-hybridized carbons (Fsp3) is 0.500. The molecular weight excluding hydrogens is 214 g/mol. The number of halogens is 1. The van der Waals surface area contributed by atoms with E-state index in [1.165, 1.54) is 6.07 Å². The number of hydrogen-bond acceptors (Lipinski definition) is 3. The Morgan fingerprint density at radius 1 is 1.67 bits per heavy atom. The van der Waals surface area contributed by atoms with E-state index in [9.17, 15) is 4.79 Å². The molecule has 1 rings (SSSR count). The molecule has 0 unspecified atom stereocenters. The third kappa shape index (κ3) is 3.07. The van der Waals surface area contributed by atoms with E-state index < -0.39 is 0 Å². The Bertz CT molecular complexity index is 433. The predicted octanol–water partition coefficient (Wildman–Crippen LogP) is 1.76. The van der Waals surface area contributed by atoms with Crippen LogP contribution in [0.2, 0.25) is 5.15 Å².